The summed E-state index contributed by atoms with van der Waals surface area (Å²) in [5.74, 6) is 1.49. The Morgan fingerprint density at radius 2 is 1.52 bits per heavy atom. The summed E-state index contributed by atoms with van der Waals surface area (Å²) in [6.45, 7) is 2.30. The molecular formula is C23H23O3S+. The summed E-state index contributed by atoms with van der Waals surface area (Å²) < 4.78 is 10.4. The van der Waals surface area contributed by atoms with E-state index in [0.717, 1.165) is 11.3 Å². The first-order chi connectivity index (χ1) is 13.1. The zero-order chi connectivity index (χ0) is 19.1. The largest absolute Gasteiger partial charge is 0.514 e. The molecule has 0 aromatic heterocycles. The average molecular weight is 380 g/mol. The van der Waals surface area contributed by atoms with E-state index in [1.54, 1.807) is 0 Å². The molecule has 0 aliphatic heterocycles. The summed E-state index contributed by atoms with van der Waals surface area (Å²) in [5, 5.41) is 0. The van der Waals surface area contributed by atoms with Crippen molar-refractivity contribution < 1.29 is 14.3 Å². The van der Waals surface area contributed by atoms with Crippen LogP contribution in [0.25, 0.3) is 0 Å². The lowest BCUT2D eigenvalue weighted by molar-refractivity contribution is 0.0927. The summed E-state index contributed by atoms with van der Waals surface area (Å²) in [6, 6.07) is 25.8. The first kappa shape index (κ1) is 19.1. The van der Waals surface area contributed by atoms with Gasteiger partial charge in [-0.2, -0.15) is 0 Å². The lowest BCUT2D eigenvalue weighted by atomic mass is 10.2. The van der Waals surface area contributed by atoms with Crippen LogP contribution in [-0.4, -0.2) is 12.4 Å². The first-order valence-electron chi connectivity index (χ1n) is 8.77. The van der Waals surface area contributed by atoms with Crippen molar-refractivity contribution in [3.8, 4) is 5.75 Å². The Bertz CT molecular complexity index is 858. The van der Waals surface area contributed by atoms with Crippen molar-refractivity contribution in [3.05, 3.63) is 95.6 Å². The van der Waals surface area contributed by atoms with Gasteiger partial charge >= 0.3 is 6.16 Å². The van der Waals surface area contributed by atoms with Gasteiger partial charge in [0, 0.05) is 16.5 Å². The lowest BCUT2D eigenvalue weighted by Gasteiger charge is -2.07. The molecule has 27 heavy (non-hydrogen) atoms. The summed E-state index contributed by atoms with van der Waals surface area (Å²) >= 11 is 0. The van der Waals surface area contributed by atoms with E-state index in [4.69, 9.17) is 9.47 Å². The highest BCUT2D eigenvalue weighted by molar-refractivity contribution is 7.95. The maximum absolute atomic E-state index is 11.8. The molecule has 3 rings (SSSR count). The van der Waals surface area contributed by atoms with Crippen LogP contribution >= 0.6 is 0 Å². The molecule has 1 atom stereocenters. The molecule has 0 saturated heterocycles. The number of aryl methyl sites for hydroxylation is 1. The van der Waals surface area contributed by atoms with E-state index < -0.39 is 6.16 Å². The second-order valence-corrected chi connectivity index (χ2v) is 8.40. The molecule has 1 unspecified atom stereocenters. The Hall–Kier alpha value is -2.72. The summed E-state index contributed by atoms with van der Waals surface area (Å²) in [5.41, 5.74) is 3.53. The first-order valence-corrected chi connectivity index (χ1v) is 10.6. The molecule has 3 nitrogen and oxygen atoms in total. The van der Waals surface area contributed by atoms with Crippen molar-refractivity contribution in [2.75, 3.05) is 6.26 Å². The smallest absolute Gasteiger partial charge is 0.429 e. The highest BCUT2D eigenvalue weighted by Crippen LogP contribution is 2.21. The molecular weight excluding hydrogens is 356 g/mol. The van der Waals surface area contributed by atoms with Crippen molar-refractivity contribution in [2.24, 2.45) is 0 Å². The fraction of sp³-hybridized carbons (Fsp3) is 0.174. The fourth-order valence-electron chi connectivity index (χ4n) is 2.60. The van der Waals surface area contributed by atoms with Gasteiger partial charge in [0.05, 0.1) is 0 Å². The Labute approximate surface area is 163 Å². The predicted molar refractivity (Wildman–Crippen MR) is 110 cm³/mol. The zero-order valence-electron chi connectivity index (χ0n) is 15.6. The van der Waals surface area contributed by atoms with Crippen molar-refractivity contribution >= 4 is 17.1 Å². The summed E-state index contributed by atoms with van der Waals surface area (Å²) in [7, 11) is 0.0880. The number of hydrogen-bond acceptors (Lipinski definition) is 3. The second-order valence-electron chi connectivity index (χ2n) is 6.36. The molecule has 4 heteroatoms. The van der Waals surface area contributed by atoms with E-state index in [1.165, 1.54) is 16.0 Å². The molecule has 0 aliphatic carbocycles. The number of benzene rings is 3. The molecule has 0 N–H and O–H groups in total. The molecule has 0 radical (unpaired) electrons. The minimum Gasteiger partial charge on any atom is -0.429 e. The number of carbonyl (C=O) groups excluding carboxylic acids is 1. The maximum Gasteiger partial charge on any atom is 0.514 e. The van der Waals surface area contributed by atoms with Crippen LogP contribution in [0.3, 0.4) is 0 Å². The molecule has 3 aromatic rings. The third-order valence-corrected chi connectivity index (χ3v) is 5.97. The van der Waals surface area contributed by atoms with Gasteiger partial charge in [-0.15, -0.1) is 0 Å². The van der Waals surface area contributed by atoms with E-state index in [9.17, 15) is 4.79 Å². The normalized spacial score (nSPS) is 11.6. The fourth-order valence-corrected chi connectivity index (χ4v) is 4.06. The van der Waals surface area contributed by atoms with Crippen LogP contribution in [0.15, 0.2) is 83.8 Å². The Kier molecular flexibility index (Phi) is 6.55. The quantitative estimate of drug-likeness (QED) is 0.321. The molecule has 3 aromatic carbocycles. The lowest BCUT2D eigenvalue weighted by Crippen LogP contribution is -2.10. The minimum atomic E-state index is -0.693. The molecule has 0 saturated carbocycles. The van der Waals surface area contributed by atoms with Crippen molar-refractivity contribution in [1.82, 2.24) is 0 Å². The molecule has 0 amide bonds. The van der Waals surface area contributed by atoms with E-state index in [-0.39, 0.29) is 17.5 Å². The van der Waals surface area contributed by atoms with Gasteiger partial charge in [0.25, 0.3) is 0 Å². The van der Waals surface area contributed by atoms with Crippen molar-refractivity contribution in [2.45, 2.75) is 24.2 Å². The Morgan fingerprint density at radius 3 is 2.19 bits per heavy atom. The minimum absolute atomic E-state index is 0.0880. The monoisotopic (exact) mass is 379 g/mol. The Balaban J connectivity index is 1.51. The van der Waals surface area contributed by atoms with Crippen LogP contribution in [0, 0.1) is 6.92 Å². The van der Waals surface area contributed by atoms with Crippen LogP contribution in [0.4, 0.5) is 4.79 Å². The molecule has 138 valence electrons. The summed E-state index contributed by atoms with van der Waals surface area (Å²) in [4.78, 5) is 13.1. The van der Waals surface area contributed by atoms with E-state index >= 15 is 0 Å². The van der Waals surface area contributed by atoms with Crippen LogP contribution in [0.1, 0.15) is 16.7 Å². The number of carbonyl (C=O) groups is 1. The molecule has 0 spiro atoms. The highest BCUT2D eigenvalue weighted by atomic mass is 32.2. The van der Waals surface area contributed by atoms with Crippen molar-refractivity contribution in [3.63, 3.8) is 0 Å². The zero-order valence-corrected chi connectivity index (χ0v) is 16.4. The molecule has 0 aliphatic rings. The van der Waals surface area contributed by atoms with Gasteiger partial charge < -0.3 is 9.47 Å². The predicted octanol–water partition coefficient (Wildman–Crippen LogP) is 5.52. The van der Waals surface area contributed by atoms with Gasteiger partial charge in [0.1, 0.15) is 24.4 Å². The topological polar surface area (TPSA) is 35.5 Å². The standard InChI is InChI=1S/C23H23O3S/c1-18-8-10-20(11-9-18)17-27(2)22-14-12-21(13-15-22)26-23(24)25-16-19-6-4-3-5-7-19/h3-15H,16-17H2,1-2H3/q+1. The summed E-state index contributed by atoms with van der Waals surface area (Å²) in [6.07, 6.45) is 1.53. The van der Waals surface area contributed by atoms with Gasteiger partial charge in [0.15, 0.2) is 4.90 Å². The van der Waals surface area contributed by atoms with Crippen LogP contribution in [-0.2, 0) is 28.0 Å². The van der Waals surface area contributed by atoms with E-state index in [2.05, 4.69) is 37.4 Å². The Morgan fingerprint density at radius 1 is 0.852 bits per heavy atom. The maximum atomic E-state index is 11.8. The molecule has 0 heterocycles. The average Bonchev–Trinajstić information content (AvgIpc) is 2.69. The second kappa shape index (κ2) is 9.28. The third kappa shape index (κ3) is 5.90. The number of rotatable bonds is 6. The number of hydrogen-bond donors (Lipinski definition) is 0. The highest BCUT2D eigenvalue weighted by Gasteiger charge is 2.17. The van der Waals surface area contributed by atoms with Crippen LogP contribution in [0.2, 0.25) is 0 Å². The third-order valence-electron chi connectivity index (χ3n) is 4.13. The van der Waals surface area contributed by atoms with Crippen LogP contribution in [0.5, 0.6) is 5.75 Å². The van der Waals surface area contributed by atoms with Gasteiger partial charge in [-0.05, 0) is 36.8 Å². The van der Waals surface area contributed by atoms with Crippen LogP contribution < -0.4 is 4.74 Å². The SMILES string of the molecule is Cc1ccc(C[S+](C)c2ccc(OC(=O)OCc3ccccc3)cc2)cc1. The van der Waals surface area contributed by atoms with E-state index in [0.29, 0.717) is 5.75 Å². The van der Waals surface area contributed by atoms with Gasteiger partial charge in [-0.1, -0.05) is 60.2 Å². The van der Waals surface area contributed by atoms with Gasteiger partial charge in [0.2, 0.25) is 0 Å². The van der Waals surface area contributed by atoms with E-state index in [1.807, 2.05) is 54.6 Å². The molecule has 0 fully saturated rings. The van der Waals surface area contributed by atoms with Crippen molar-refractivity contribution in [1.29, 1.82) is 0 Å². The number of ether oxygens (including phenoxy) is 2. The molecule has 0 bridgehead atoms. The van der Waals surface area contributed by atoms with Gasteiger partial charge in [-0.25, -0.2) is 4.79 Å². The van der Waals surface area contributed by atoms with Gasteiger partial charge in [-0.3, -0.25) is 0 Å².